The smallest absolute Gasteiger partial charge is 0.00672 e. The predicted octanol–water partition coefficient (Wildman–Crippen LogP) is 8.67. The Hall–Kier alpha value is -0.300. The quantitative estimate of drug-likeness (QED) is 0.426. The van der Waals surface area contributed by atoms with Gasteiger partial charge in [-0.15, -0.1) is 0 Å². The van der Waals surface area contributed by atoms with E-state index in [9.17, 15) is 0 Å². The van der Waals surface area contributed by atoms with Crippen LogP contribution in [0.3, 0.4) is 0 Å². The third-order valence-corrected chi connectivity index (χ3v) is 11.4. The lowest BCUT2D eigenvalue weighted by atomic mass is 9.62. The van der Waals surface area contributed by atoms with Crippen molar-refractivity contribution < 1.29 is 0 Å². The summed E-state index contributed by atoms with van der Waals surface area (Å²) >= 11 is 0. The number of nitrogens with two attached hydrogens (primary N) is 1. The first kappa shape index (κ1) is 23.4. The van der Waals surface area contributed by atoms with Crippen LogP contribution in [0.15, 0.2) is 11.6 Å². The van der Waals surface area contributed by atoms with E-state index in [4.69, 9.17) is 5.73 Å². The normalized spacial score (nSPS) is 42.7. The van der Waals surface area contributed by atoms with Crippen LogP contribution >= 0.6 is 0 Å². The van der Waals surface area contributed by atoms with Crippen LogP contribution in [0.2, 0.25) is 0 Å². The van der Waals surface area contributed by atoms with E-state index in [1.54, 1.807) is 25.7 Å². The zero-order valence-electron chi connectivity index (χ0n) is 21.3. The monoisotopic (exact) mass is 439 g/mol. The second-order valence-corrected chi connectivity index (χ2v) is 13.2. The Bertz CT molecular complexity index is 608. The van der Waals surface area contributed by atoms with Crippen LogP contribution < -0.4 is 5.73 Å². The van der Waals surface area contributed by atoms with Crippen molar-refractivity contribution in [1.82, 2.24) is 0 Å². The van der Waals surface area contributed by atoms with Crippen LogP contribution in [0.5, 0.6) is 0 Å². The van der Waals surface area contributed by atoms with E-state index in [0.29, 0.717) is 6.04 Å². The Balaban J connectivity index is 1.14. The average molecular weight is 440 g/mol. The number of hydrogen-bond acceptors (Lipinski definition) is 1. The highest BCUT2D eigenvalue weighted by molar-refractivity contribution is 5.15. The Morgan fingerprint density at radius 1 is 0.750 bits per heavy atom. The minimum Gasteiger partial charge on any atom is -0.327 e. The largest absolute Gasteiger partial charge is 0.327 e. The van der Waals surface area contributed by atoms with E-state index in [2.05, 4.69) is 13.0 Å². The molecule has 0 saturated heterocycles. The summed E-state index contributed by atoms with van der Waals surface area (Å²) in [7, 11) is 0. The molecular formula is C31H53N. The van der Waals surface area contributed by atoms with Gasteiger partial charge in [0.15, 0.2) is 0 Å². The molecule has 0 aromatic carbocycles. The van der Waals surface area contributed by atoms with Crippen LogP contribution in [0.4, 0.5) is 0 Å². The molecule has 4 saturated carbocycles. The summed E-state index contributed by atoms with van der Waals surface area (Å²) in [6, 6.07) is 0.493. The molecule has 0 radical (unpaired) electrons. The third kappa shape index (κ3) is 5.50. The maximum Gasteiger partial charge on any atom is 0.00672 e. The molecule has 2 N–H and O–H groups in total. The van der Waals surface area contributed by atoms with Gasteiger partial charge in [0.1, 0.15) is 0 Å². The van der Waals surface area contributed by atoms with Crippen molar-refractivity contribution in [2.45, 2.75) is 135 Å². The summed E-state index contributed by atoms with van der Waals surface area (Å²) < 4.78 is 0. The summed E-state index contributed by atoms with van der Waals surface area (Å²) in [5.74, 6) is 7.70. The summed E-state index contributed by atoms with van der Waals surface area (Å²) in [6.45, 7) is 2.58. The zero-order valence-corrected chi connectivity index (χ0v) is 21.3. The molecule has 5 aliphatic carbocycles. The summed E-state index contributed by atoms with van der Waals surface area (Å²) in [4.78, 5) is 0. The van der Waals surface area contributed by atoms with E-state index in [1.807, 2.05) is 5.57 Å². The van der Waals surface area contributed by atoms with Gasteiger partial charge in [0.2, 0.25) is 0 Å². The van der Waals surface area contributed by atoms with Gasteiger partial charge in [0, 0.05) is 6.04 Å². The SMILES string of the molecule is CC(CC1CCCCC1N)C1CCC2CCC(C3CCC(C4CCCCC4)CC3)=CC2C1. The van der Waals surface area contributed by atoms with E-state index in [-0.39, 0.29) is 0 Å². The molecule has 4 fully saturated rings. The van der Waals surface area contributed by atoms with Gasteiger partial charge >= 0.3 is 0 Å². The van der Waals surface area contributed by atoms with Crippen molar-refractivity contribution in [1.29, 1.82) is 0 Å². The van der Waals surface area contributed by atoms with Crippen LogP contribution in [-0.4, -0.2) is 6.04 Å². The van der Waals surface area contributed by atoms with E-state index < -0.39 is 0 Å². The molecule has 0 heterocycles. The minimum absolute atomic E-state index is 0.493. The molecular weight excluding hydrogens is 386 g/mol. The van der Waals surface area contributed by atoms with Crippen molar-refractivity contribution in [2.24, 2.45) is 53.1 Å². The second-order valence-electron chi connectivity index (χ2n) is 13.2. The highest BCUT2D eigenvalue weighted by atomic mass is 14.7. The zero-order chi connectivity index (χ0) is 21.9. The minimum atomic E-state index is 0.493. The molecule has 0 amide bonds. The number of allylic oxidation sites excluding steroid dienone is 2. The molecule has 0 spiro atoms. The van der Waals surface area contributed by atoms with Gasteiger partial charge < -0.3 is 5.73 Å². The number of rotatable bonds is 5. The van der Waals surface area contributed by atoms with Crippen LogP contribution in [-0.2, 0) is 0 Å². The van der Waals surface area contributed by atoms with Gasteiger partial charge in [-0.3, -0.25) is 0 Å². The number of hydrogen-bond donors (Lipinski definition) is 1. The first-order valence-electron chi connectivity index (χ1n) is 15.1. The van der Waals surface area contributed by atoms with Gasteiger partial charge in [0.25, 0.3) is 0 Å². The first-order chi connectivity index (χ1) is 15.7. The maximum atomic E-state index is 6.51. The summed E-state index contributed by atoms with van der Waals surface area (Å²) in [5, 5.41) is 0. The van der Waals surface area contributed by atoms with Crippen LogP contribution in [0.25, 0.3) is 0 Å². The lowest BCUT2D eigenvalue weighted by Crippen LogP contribution is -2.36. The van der Waals surface area contributed by atoms with Crippen molar-refractivity contribution >= 4 is 0 Å². The van der Waals surface area contributed by atoms with Gasteiger partial charge in [-0.2, -0.15) is 0 Å². The molecule has 0 aromatic rings. The first-order valence-corrected chi connectivity index (χ1v) is 15.1. The van der Waals surface area contributed by atoms with Crippen molar-refractivity contribution in [3.05, 3.63) is 11.6 Å². The van der Waals surface area contributed by atoms with Gasteiger partial charge in [-0.25, -0.2) is 0 Å². The molecule has 1 nitrogen and oxygen atoms in total. The van der Waals surface area contributed by atoms with Gasteiger partial charge in [-0.05, 0) is 124 Å². The molecule has 32 heavy (non-hydrogen) atoms. The fourth-order valence-corrected chi connectivity index (χ4v) is 9.20. The standard InChI is InChI=1S/C31H53N/c1-22(19-29-9-5-6-10-31(29)32)27-17-15-26-16-18-28(21-30(26)20-27)25-13-11-24(12-14-25)23-7-3-2-4-8-23/h21-27,29-31H,2-20,32H2,1H3. The van der Waals surface area contributed by atoms with Crippen molar-refractivity contribution in [3.63, 3.8) is 0 Å². The molecule has 5 aliphatic rings. The van der Waals surface area contributed by atoms with Crippen LogP contribution in [0, 0.1) is 47.3 Å². The maximum absolute atomic E-state index is 6.51. The lowest BCUT2D eigenvalue weighted by molar-refractivity contribution is 0.127. The molecule has 182 valence electrons. The third-order valence-electron chi connectivity index (χ3n) is 11.4. The predicted molar refractivity (Wildman–Crippen MR) is 137 cm³/mol. The Labute approximate surface area is 199 Å². The Morgan fingerprint density at radius 2 is 1.44 bits per heavy atom. The van der Waals surface area contributed by atoms with Gasteiger partial charge in [-0.1, -0.05) is 63.5 Å². The number of fused-ring (bicyclic) bond motifs is 1. The van der Waals surface area contributed by atoms with Crippen molar-refractivity contribution in [2.75, 3.05) is 0 Å². The van der Waals surface area contributed by atoms with Crippen LogP contribution in [0.1, 0.15) is 129 Å². The topological polar surface area (TPSA) is 26.0 Å². The second kappa shape index (κ2) is 11.0. The summed E-state index contributed by atoms with van der Waals surface area (Å²) in [5.41, 5.74) is 8.42. The average Bonchev–Trinajstić information content (AvgIpc) is 2.85. The molecule has 0 aliphatic heterocycles. The molecule has 6 unspecified atom stereocenters. The van der Waals surface area contributed by atoms with E-state index in [1.165, 1.54) is 96.3 Å². The molecule has 0 aromatic heterocycles. The Morgan fingerprint density at radius 3 is 2.22 bits per heavy atom. The lowest BCUT2D eigenvalue weighted by Gasteiger charge is -2.43. The van der Waals surface area contributed by atoms with E-state index >= 15 is 0 Å². The summed E-state index contributed by atoms with van der Waals surface area (Å²) in [6.07, 6.45) is 31.0. The fourth-order valence-electron chi connectivity index (χ4n) is 9.20. The molecule has 5 rings (SSSR count). The Kier molecular flexibility index (Phi) is 8.03. The van der Waals surface area contributed by atoms with Crippen molar-refractivity contribution in [3.8, 4) is 0 Å². The van der Waals surface area contributed by atoms with E-state index in [0.717, 1.165) is 47.3 Å². The highest BCUT2D eigenvalue weighted by Gasteiger charge is 2.37. The molecule has 0 bridgehead atoms. The fraction of sp³-hybridized carbons (Fsp3) is 0.935. The molecule has 1 heteroatoms. The molecule has 6 atom stereocenters. The van der Waals surface area contributed by atoms with Gasteiger partial charge in [0.05, 0.1) is 0 Å². The highest BCUT2D eigenvalue weighted by Crippen LogP contribution is 2.49.